The zero-order valence-electron chi connectivity index (χ0n) is 12.3. The van der Waals surface area contributed by atoms with Crippen LogP contribution in [0.1, 0.15) is 26.7 Å². The third kappa shape index (κ3) is 4.74. The number of hydrogen-bond acceptors (Lipinski definition) is 4. The van der Waals surface area contributed by atoms with Crippen LogP contribution in [0.5, 0.6) is 11.5 Å². The lowest BCUT2D eigenvalue weighted by molar-refractivity contribution is -0.144. The molecule has 1 aromatic rings. The fourth-order valence-corrected chi connectivity index (χ4v) is 1.95. The van der Waals surface area contributed by atoms with Gasteiger partial charge in [-0.05, 0) is 50.6 Å². The minimum absolute atomic E-state index is 0.487. The van der Waals surface area contributed by atoms with Crippen LogP contribution in [0.15, 0.2) is 24.3 Å². The summed E-state index contributed by atoms with van der Waals surface area (Å²) in [6, 6.07) is 7.32. The Kier molecular flexibility index (Phi) is 6.31. The molecule has 1 aromatic carbocycles. The van der Waals surface area contributed by atoms with Crippen LogP contribution in [-0.4, -0.2) is 36.9 Å². The molecular weight excluding hydrogens is 258 g/mol. The summed E-state index contributed by atoms with van der Waals surface area (Å²) in [5.41, 5.74) is -0.891. The molecule has 0 aromatic heterocycles. The first-order valence-electron chi connectivity index (χ1n) is 6.77. The van der Waals surface area contributed by atoms with Gasteiger partial charge in [0.15, 0.2) is 0 Å². The Morgan fingerprint density at radius 1 is 1.30 bits per heavy atom. The van der Waals surface area contributed by atoms with E-state index in [-0.39, 0.29) is 0 Å². The Labute approximate surface area is 119 Å². The molecule has 0 heterocycles. The second kappa shape index (κ2) is 7.75. The molecule has 0 bridgehead atoms. The molecule has 1 unspecified atom stereocenters. The monoisotopic (exact) mass is 281 g/mol. The van der Waals surface area contributed by atoms with Gasteiger partial charge in [-0.1, -0.05) is 6.92 Å². The van der Waals surface area contributed by atoms with Gasteiger partial charge in [0.05, 0.1) is 13.7 Å². The van der Waals surface area contributed by atoms with E-state index in [1.165, 1.54) is 0 Å². The first kappa shape index (κ1) is 16.3. The third-order valence-corrected chi connectivity index (χ3v) is 3.19. The average molecular weight is 281 g/mol. The zero-order valence-corrected chi connectivity index (χ0v) is 12.3. The van der Waals surface area contributed by atoms with Gasteiger partial charge in [-0.3, -0.25) is 4.79 Å². The number of aliphatic carboxylic acids is 1. The van der Waals surface area contributed by atoms with Gasteiger partial charge in [0.25, 0.3) is 0 Å². The SMILES string of the molecule is CCNC(C)(CCCOc1ccc(OC)cc1)C(=O)O. The molecule has 0 radical (unpaired) electrons. The largest absolute Gasteiger partial charge is 0.497 e. The predicted molar refractivity (Wildman–Crippen MR) is 77.4 cm³/mol. The number of nitrogens with one attached hydrogen (secondary N) is 1. The number of hydrogen-bond donors (Lipinski definition) is 2. The zero-order chi connectivity index (χ0) is 15.0. The van der Waals surface area contributed by atoms with Crippen LogP contribution < -0.4 is 14.8 Å². The van der Waals surface area contributed by atoms with Gasteiger partial charge >= 0.3 is 5.97 Å². The maximum atomic E-state index is 11.2. The van der Waals surface area contributed by atoms with Crippen LogP contribution in [0.4, 0.5) is 0 Å². The van der Waals surface area contributed by atoms with E-state index in [4.69, 9.17) is 9.47 Å². The third-order valence-electron chi connectivity index (χ3n) is 3.19. The summed E-state index contributed by atoms with van der Waals surface area (Å²) in [6.07, 6.45) is 1.19. The van der Waals surface area contributed by atoms with Crippen molar-refractivity contribution in [2.75, 3.05) is 20.3 Å². The molecule has 0 aliphatic rings. The number of rotatable bonds is 9. The highest BCUT2D eigenvalue weighted by Crippen LogP contribution is 2.18. The Bertz CT molecular complexity index is 418. The number of benzene rings is 1. The minimum atomic E-state index is -0.891. The second-order valence-electron chi connectivity index (χ2n) is 4.80. The van der Waals surface area contributed by atoms with E-state index in [1.54, 1.807) is 14.0 Å². The smallest absolute Gasteiger partial charge is 0.323 e. The van der Waals surface area contributed by atoms with E-state index in [0.29, 0.717) is 26.0 Å². The van der Waals surface area contributed by atoms with Gasteiger partial charge in [0.1, 0.15) is 17.0 Å². The Morgan fingerprint density at radius 2 is 1.90 bits per heavy atom. The lowest BCUT2D eigenvalue weighted by atomic mass is 9.96. The van der Waals surface area contributed by atoms with E-state index < -0.39 is 11.5 Å². The number of carboxylic acids is 1. The lowest BCUT2D eigenvalue weighted by Crippen LogP contribution is -2.49. The number of ether oxygens (including phenoxy) is 2. The van der Waals surface area contributed by atoms with Gasteiger partial charge < -0.3 is 19.9 Å². The lowest BCUT2D eigenvalue weighted by Gasteiger charge is -2.25. The van der Waals surface area contributed by atoms with Crippen molar-refractivity contribution in [3.63, 3.8) is 0 Å². The van der Waals surface area contributed by atoms with Crippen molar-refractivity contribution in [3.8, 4) is 11.5 Å². The summed E-state index contributed by atoms with van der Waals surface area (Å²) >= 11 is 0. The summed E-state index contributed by atoms with van der Waals surface area (Å²) in [5, 5.41) is 12.2. The molecule has 5 nitrogen and oxygen atoms in total. The first-order chi connectivity index (χ1) is 9.51. The molecule has 0 spiro atoms. The van der Waals surface area contributed by atoms with Crippen molar-refractivity contribution in [2.24, 2.45) is 0 Å². The molecular formula is C15H23NO4. The summed E-state index contributed by atoms with van der Waals surface area (Å²) in [6.45, 7) is 4.71. The molecule has 0 saturated heterocycles. The number of methoxy groups -OCH3 is 1. The molecule has 1 atom stereocenters. The Morgan fingerprint density at radius 3 is 2.40 bits per heavy atom. The first-order valence-corrected chi connectivity index (χ1v) is 6.77. The van der Waals surface area contributed by atoms with Crippen LogP contribution >= 0.6 is 0 Å². The Balaban J connectivity index is 2.37. The van der Waals surface area contributed by atoms with Crippen molar-refractivity contribution >= 4 is 5.97 Å². The molecule has 2 N–H and O–H groups in total. The van der Waals surface area contributed by atoms with Crippen molar-refractivity contribution in [2.45, 2.75) is 32.2 Å². The maximum absolute atomic E-state index is 11.2. The maximum Gasteiger partial charge on any atom is 0.323 e. The minimum Gasteiger partial charge on any atom is -0.497 e. The second-order valence-corrected chi connectivity index (χ2v) is 4.80. The van der Waals surface area contributed by atoms with Gasteiger partial charge in [-0.25, -0.2) is 0 Å². The highest BCUT2D eigenvalue weighted by molar-refractivity contribution is 5.78. The number of carboxylic acid groups (broad SMARTS) is 1. The Hall–Kier alpha value is -1.75. The summed E-state index contributed by atoms with van der Waals surface area (Å²) in [4.78, 5) is 11.2. The van der Waals surface area contributed by atoms with E-state index in [9.17, 15) is 9.90 Å². The van der Waals surface area contributed by atoms with Crippen LogP contribution in [0.3, 0.4) is 0 Å². The van der Waals surface area contributed by atoms with Gasteiger partial charge in [-0.15, -0.1) is 0 Å². The molecule has 5 heteroatoms. The highest BCUT2D eigenvalue weighted by atomic mass is 16.5. The standard InChI is InChI=1S/C15H23NO4/c1-4-16-15(2,14(17)18)10-5-11-20-13-8-6-12(19-3)7-9-13/h6-9,16H,4-5,10-11H2,1-3H3,(H,17,18). The molecule has 0 aliphatic heterocycles. The van der Waals surface area contributed by atoms with E-state index in [2.05, 4.69) is 5.32 Å². The van der Waals surface area contributed by atoms with Crippen molar-refractivity contribution < 1.29 is 19.4 Å². The quantitative estimate of drug-likeness (QED) is 0.680. The molecule has 0 saturated carbocycles. The molecule has 0 fully saturated rings. The number of carbonyl (C=O) groups is 1. The topological polar surface area (TPSA) is 67.8 Å². The highest BCUT2D eigenvalue weighted by Gasteiger charge is 2.31. The van der Waals surface area contributed by atoms with E-state index in [1.807, 2.05) is 31.2 Å². The molecule has 1 rings (SSSR count). The van der Waals surface area contributed by atoms with Crippen LogP contribution in [-0.2, 0) is 4.79 Å². The average Bonchev–Trinajstić information content (AvgIpc) is 2.44. The summed E-state index contributed by atoms with van der Waals surface area (Å²) in [7, 11) is 1.61. The van der Waals surface area contributed by atoms with Gasteiger partial charge in [-0.2, -0.15) is 0 Å². The number of likely N-dealkylation sites (N-methyl/N-ethyl adjacent to an activating group) is 1. The van der Waals surface area contributed by atoms with Crippen LogP contribution in [0.2, 0.25) is 0 Å². The van der Waals surface area contributed by atoms with E-state index in [0.717, 1.165) is 11.5 Å². The normalized spacial score (nSPS) is 13.6. The molecule has 112 valence electrons. The van der Waals surface area contributed by atoms with Gasteiger partial charge in [0.2, 0.25) is 0 Å². The van der Waals surface area contributed by atoms with Crippen LogP contribution in [0.25, 0.3) is 0 Å². The van der Waals surface area contributed by atoms with Gasteiger partial charge in [0, 0.05) is 0 Å². The molecule has 0 aliphatic carbocycles. The summed E-state index contributed by atoms with van der Waals surface area (Å²) in [5.74, 6) is 0.707. The van der Waals surface area contributed by atoms with Crippen molar-refractivity contribution in [3.05, 3.63) is 24.3 Å². The predicted octanol–water partition coefficient (Wildman–Crippen LogP) is 2.31. The fourth-order valence-electron chi connectivity index (χ4n) is 1.95. The summed E-state index contributed by atoms with van der Waals surface area (Å²) < 4.78 is 10.6. The molecule has 0 amide bonds. The van der Waals surface area contributed by atoms with E-state index >= 15 is 0 Å². The fraction of sp³-hybridized carbons (Fsp3) is 0.533. The molecule has 20 heavy (non-hydrogen) atoms. The van der Waals surface area contributed by atoms with Crippen molar-refractivity contribution in [1.82, 2.24) is 5.32 Å². The van der Waals surface area contributed by atoms with Crippen LogP contribution in [0, 0.1) is 0 Å². The van der Waals surface area contributed by atoms with Crippen molar-refractivity contribution in [1.29, 1.82) is 0 Å².